The van der Waals surface area contributed by atoms with Crippen molar-refractivity contribution in [3.63, 3.8) is 0 Å². The van der Waals surface area contributed by atoms with Crippen LogP contribution < -0.4 is 5.73 Å². The lowest BCUT2D eigenvalue weighted by Gasteiger charge is -2.42. The summed E-state index contributed by atoms with van der Waals surface area (Å²) in [6.45, 7) is 2.68. The highest BCUT2D eigenvalue weighted by atomic mass is 16.5. The fraction of sp³-hybridized carbons (Fsp3) is 0.769. The van der Waals surface area contributed by atoms with Crippen molar-refractivity contribution in [3.8, 4) is 0 Å². The van der Waals surface area contributed by atoms with Gasteiger partial charge in [0, 0.05) is 19.1 Å². The maximum Gasteiger partial charge on any atom is 0.328 e. The highest BCUT2D eigenvalue weighted by Gasteiger charge is 2.39. The van der Waals surface area contributed by atoms with Gasteiger partial charge in [-0.05, 0) is 19.8 Å². The lowest BCUT2D eigenvalue weighted by molar-refractivity contribution is -0.148. The van der Waals surface area contributed by atoms with Gasteiger partial charge in [-0.25, -0.2) is 9.59 Å². The van der Waals surface area contributed by atoms with Crippen LogP contribution in [0, 0.1) is 5.92 Å². The number of nitrogens with zero attached hydrogens (tertiary/aromatic N) is 2. The number of carboxylic acid groups (broad SMARTS) is 1. The summed E-state index contributed by atoms with van der Waals surface area (Å²) in [6, 6.07) is -1.37. The van der Waals surface area contributed by atoms with E-state index in [1.54, 1.807) is 4.90 Å². The van der Waals surface area contributed by atoms with E-state index in [0.29, 0.717) is 19.4 Å². The van der Waals surface area contributed by atoms with Crippen LogP contribution in [-0.2, 0) is 14.3 Å². The van der Waals surface area contributed by atoms with Gasteiger partial charge in [-0.15, -0.1) is 0 Å². The maximum atomic E-state index is 12.6. The molecule has 2 aliphatic rings. The molecule has 0 aromatic rings. The number of carboxylic acids is 1. The van der Waals surface area contributed by atoms with E-state index in [1.165, 1.54) is 4.90 Å². The summed E-state index contributed by atoms with van der Waals surface area (Å²) in [4.78, 5) is 38.1. The number of aliphatic carboxylic acids is 1. The minimum atomic E-state index is -1.08. The Kier molecular flexibility index (Phi) is 4.66. The van der Waals surface area contributed by atoms with E-state index >= 15 is 0 Å². The van der Waals surface area contributed by atoms with Crippen molar-refractivity contribution in [3.05, 3.63) is 0 Å². The summed E-state index contributed by atoms with van der Waals surface area (Å²) in [6.07, 6.45) is 1.34. The van der Waals surface area contributed by atoms with Crippen LogP contribution in [0.15, 0.2) is 0 Å². The van der Waals surface area contributed by atoms with Crippen LogP contribution in [0.2, 0.25) is 0 Å². The molecule has 0 aromatic heterocycles. The van der Waals surface area contributed by atoms with Crippen LogP contribution in [0.3, 0.4) is 0 Å². The second-order valence-corrected chi connectivity index (χ2v) is 5.58. The molecular formula is C13H21N3O5. The van der Waals surface area contributed by atoms with Crippen molar-refractivity contribution < 1.29 is 24.2 Å². The number of piperidine rings is 1. The third-order valence-corrected chi connectivity index (χ3v) is 4.19. The average molecular weight is 299 g/mol. The fourth-order valence-corrected chi connectivity index (χ4v) is 2.81. The van der Waals surface area contributed by atoms with Gasteiger partial charge >= 0.3 is 12.0 Å². The predicted octanol–water partition coefficient (Wildman–Crippen LogP) is -0.522. The second-order valence-electron chi connectivity index (χ2n) is 5.58. The predicted molar refractivity (Wildman–Crippen MR) is 72.4 cm³/mol. The molecular weight excluding hydrogens is 278 g/mol. The Morgan fingerprint density at radius 3 is 2.57 bits per heavy atom. The molecule has 0 saturated carbocycles. The van der Waals surface area contributed by atoms with Crippen molar-refractivity contribution in [2.24, 2.45) is 11.7 Å². The quantitative estimate of drug-likeness (QED) is 0.712. The Labute approximate surface area is 122 Å². The van der Waals surface area contributed by atoms with Crippen molar-refractivity contribution in [2.75, 3.05) is 26.3 Å². The van der Waals surface area contributed by atoms with Crippen LogP contribution in [0.1, 0.15) is 19.8 Å². The zero-order chi connectivity index (χ0) is 15.6. The number of hydrogen-bond acceptors (Lipinski definition) is 4. The van der Waals surface area contributed by atoms with Gasteiger partial charge in [0.25, 0.3) is 0 Å². The molecule has 2 rings (SSSR count). The SMILES string of the molecule is CC1CCC(C(N)=O)CN1C(=O)N1CCOCC1C(=O)O. The standard InChI is InChI=1S/C13H21N3O5/c1-8-2-3-9(11(14)17)6-16(8)13(20)15-4-5-21-7-10(15)12(18)19/h8-10H,2-7H2,1H3,(H2,14,17)(H,18,19). The Bertz CT molecular complexity index is 442. The molecule has 0 bridgehead atoms. The highest BCUT2D eigenvalue weighted by Crippen LogP contribution is 2.24. The lowest BCUT2D eigenvalue weighted by atomic mass is 9.93. The second kappa shape index (κ2) is 6.30. The largest absolute Gasteiger partial charge is 0.480 e. The summed E-state index contributed by atoms with van der Waals surface area (Å²) in [7, 11) is 0. The first-order valence-corrected chi connectivity index (χ1v) is 7.09. The van der Waals surface area contributed by atoms with Gasteiger partial charge in [0.05, 0.1) is 19.1 Å². The van der Waals surface area contributed by atoms with Crippen LogP contribution >= 0.6 is 0 Å². The summed E-state index contributed by atoms with van der Waals surface area (Å²) < 4.78 is 5.13. The zero-order valence-electron chi connectivity index (χ0n) is 12.0. The van der Waals surface area contributed by atoms with E-state index in [4.69, 9.17) is 10.5 Å². The number of amides is 3. The van der Waals surface area contributed by atoms with Crippen LogP contribution in [0.25, 0.3) is 0 Å². The number of likely N-dealkylation sites (tertiary alicyclic amines) is 1. The number of carbonyl (C=O) groups excluding carboxylic acids is 2. The van der Waals surface area contributed by atoms with Gasteiger partial charge in [0.2, 0.25) is 5.91 Å². The van der Waals surface area contributed by atoms with Gasteiger partial charge in [0.15, 0.2) is 6.04 Å². The molecule has 3 N–H and O–H groups in total. The monoisotopic (exact) mass is 299 g/mol. The molecule has 2 heterocycles. The third-order valence-electron chi connectivity index (χ3n) is 4.19. The summed E-state index contributed by atoms with van der Waals surface area (Å²) >= 11 is 0. The fourth-order valence-electron chi connectivity index (χ4n) is 2.81. The van der Waals surface area contributed by atoms with Crippen molar-refractivity contribution in [2.45, 2.75) is 31.8 Å². The third kappa shape index (κ3) is 3.26. The highest BCUT2D eigenvalue weighted by molar-refractivity contribution is 5.84. The van der Waals surface area contributed by atoms with E-state index in [-0.39, 0.29) is 37.7 Å². The minimum Gasteiger partial charge on any atom is -0.480 e. The molecule has 3 atom stereocenters. The number of urea groups is 1. The Hall–Kier alpha value is -1.83. The topological polar surface area (TPSA) is 113 Å². The first-order chi connectivity index (χ1) is 9.91. The van der Waals surface area contributed by atoms with Crippen LogP contribution in [0.4, 0.5) is 4.79 Å². The van der Waals surface area contributed by atoms with Crippen molar-refractivity contribution in [1.82, 2.24) is 9.80 Å². The first kappa shape index (κ1) is 15.6. The molecule has 21 heavy (non-hydrogen) atoms. The normalized spacial score (nSPS) is 30.0. The zero-order valence-corrected chi connectivity index (χ0v) is 12.0. The Morgan fingerprint density at radius 1 is 1.24 bits per heavy atom. The molecule has 8 nitrogen and oxygen atoms in total. The van der Waals surface area contributed by atoms with Crippen molar-refractivity contribution >= 4 is 17.9 Å². The Morgan fingerprint density at radius 2 is 1.95 bits per heavy atom. The summed E-state index contributed by atoms with van der Waals surface area (Å²) in [5.41, 5.74) is 5.32. The number of primary amides is 1. The number of rotatable bonds is 2. The van der Waals surface area contributed by atoms with Gasteiger partial charge in [0.1, 0.15) is 0 Å². The molecule has 2 fully saturated rings. The molecule has 3 unspecified atom stereocenters. The maximum absolute atomic E-state index is 12.6. The number of carbonyl (C=O) groups is 3. The summed E-state index contributed by atoms with van der Waals surface area (Å²) in [5.74, 6) is -1.87. The van der Waals surface area contributed by atoms with Gasteiger partial charge in [-0.1, -0.05) is 0 Å². The molecule has 8 heteroatoms. The molecule has 0 aliphatic carbocycles. The average Bonchev–Trinajstić information content (AvgIpc) is 2.46. The van der Waals surface area contributed by atoms with E-state index in [0.717, 1.165) is 0 Å². The summed E-state index contributed by atoms with van der Waals surface area (Å²) in [5, 5.41) is 9.20. The lowest BCUT2D eigenvalue weighted by Crippen LogP contribution is -2.60. The Balaban J connectivity index is 2.12. The molecule has 0 spiro atoms. The smallest absolute Gasteiger partial charge is 0.328 e. The number of hydrogen-bond donors (Lipinski definition) is 2. The van der Waals surface area contributed by atoms with Crippen LogP contribution in [-0.4, -0.2) is 71.2 Å². The van der Waals surface area contributed by atoms with E-state index in [1.807, 2.05) is 6.92 Å². The van der Waals surface area contributed by atoms with E-state index < -0.39 is 17.9 Å². The molecule has 0 radical (unpaired) electrons. The molecule has 3 amide bonds. The molecule has 2 aliphatic heterocycles. The molecule has 2 saturated heterocycles. The number of ether oxygens (including phenoxy) is 1. The number of nitrogens with two attached hydrogens (primary N) is 1. The molecule has 118 valence electrons. The van der Waals surface area contributed by atoms with Gasteiger partial charge in [-0.2, -0.15) is 0 Å². The van der Waals surface area contributed by atoms with Gasteiger partial charge in [-0.3, -0.25) is 4.79 Å². The van der Waals surface area contributed by atoms with Crippen molar-refractivity contribution in [1.29, 1.82) is 0 Å². The number of morpholine rings is 1. The van der Waals surface area contributed by atoms with Gasteiger partial charge < -0.3 is 25.4 Å². The minimum absolute atomic E-state index is 0.0114. The van der Waals surface area contributed by atoms with Crippen LogP contribution in [0.5, 0.6) is 0 Å². The van der Waals surface area contributed by atoms with E-state index in [2.05, 4.69) is 0 Å². The first-order valence-electron chi connectivity index (χ1n) is 7.09. The molecule has 0 aromatic carbocycles. The van der Waals surface area contributed by atoms with E-state index in [9.17, 15) is 19.5 Å².